The number of carbonyl (C=O) groups is 2. The molecule has 7 rings (SSSR count). The van der Waals surface area contributed by atoms with Crippen LogP contribution < -0.4 is 16.6 Å². The molecule has 0 saturated carbocycles. The van der Waals surface area contributed by atoms with Crippen molar-refractivity contribution in [3.63, 3.8) is 0 Å². The SMILES string of the molecule is Cc1ccc(CNC(=O)c2oc(=O)c3cc[c-]cc3c2O)cc1.Cc1oc(=O)c2cc[c-]cc2c1O.O=C1OCc2c[c-]ccc21.[Y].[Y].[Y]. The van der Waals surface area contributed by atoms with Gasteiger partial charge in [0.05, 0.1) is 6.61 Å². The van der Waals surface area contributed by atoms with Crippen molar-refractivity contribution < 1.29 is 132 Å². The first kappa shape index (κ1) is 42.3. The Morgan fingerprint density at radius 1 is 0.735 bits per heavy atom. The summed E-state index contributed by atoms with van der Waals surface area (Å²) < 4.78 is 14.5. The van der Waals surface area contributed by atoms with Crippen LogP contribution in [0.4, 0.5) is 0 Å². The van der Waals surface area contributed by atoms with Crippen LogP contribution in [0.2, 0.25) is 0 Å². The van der Waals surface area contributed by atoms with Crippen LogP contribution in [0.1, 0.15) is 43.4 Å². The number of fused-ring (bicyclic) bond motifs is 3. The van der Waals surface area contributed by atoms with Gasteiger partial charge in [0.2, 0.25) is 5.76 Å². The quantitative estimate of drug-likeness (QED) is 0.159. The fourth-order valence-electron chi connectivity index (χ4n) is 4.49. The van der Waals surface area contributed by atoms with Crippen molar-refractivity contribution in [3.8, 4) is 11.5 Å². The average molecular weight is 883 g/mol. The summed E-state index contributed by atoms with van der Waals surface area (Å²) in [5, 5.41) is 23.6. The van der Waals surface area contributed by atoms with Gasteiger partial charge in [-0.15, -0.1) is 5.56 Å². The molecule has 0 unspecified atom stereocenters. The number of amides is 1. The molecular formula is C36H26NO9Y3-3. The van der Waals surface area contributed by atoms with Crippen molar-refractivity contribution in [1.82, 2.24) is 5.32 Å². The van der Waals surface area contributed by atoms with Crippen LogP contribution in [0.3, 0.4) is 0 Å². The summed E-state index contributed by atoms with van der Waals surface area (Å²) in [5.74, 6) is -1.38. The second-order valence-electron chi connectivity index (χ2n) is 10.1. The molecule has 4 aromatic carbocycles. The fourth-order valence-corrected chi connectivity index (χ4v) is 4.49. The van der Waals surface area contributed by atoms with Gasteiger partial charge in [-0.05, 0) is 35.7 Å². The Balaban J connectivity index is 0.000000272. The maximum atomic E-state index is 12.2. The van der Waals surface area contributed by atoms with E-state index in [1.165, 1.54) is 18.2 Å². The molecule has 13 heteroatoms. The van der Waals surface area contributed by atoms with Gasteiger partial charge in [0, 0.05) is 105 Å². The molecule has 0 saturated heterocycles. The second-order valence-corrected chi connectivity index (χ2v) is 10.1. The first-order valence-corrected chi connectivity index (χ1v) is 13.9. The molecule has 6 aromatic rings. The summed E-state index contributed by atoms with van der Waals surface area (Å²) in [5.41, 5.74) is 2.53. The molecule has 3 radical (unpaired) electrons. The van der Waals surface area contributed by atoms with E-state index in [1.807, 2.05) is 31.2 Å². The van der Waals surface area contributed by atoms with Crippen molar-refractivity contribution in [2.45, 2.75) is 27.0 Å². The Labute approximate surface area is 356 Å². The zero-order valence-electron chi connectivity index (χ0n) is 26.4. The molecule has 1 aliphatic heterocycles. The van der Waals surface area contributed by atoms with Gasteiger partial charge >= 0.3 is 17.2 Å². The van der Waals surface area contributed by atoms with E-state index in [2.05, 4.69) is 23.5 Å². The standard InChI is InChI=1S/C18H14NO4.C10H7O3.C8H5O2.3Y/c1-11-6-8-12(9-7-11)10-19-17(21)16-15(20)13-4-2-3-5-14(13)18(22)23-16;1-6-9(11)7-4-2-3-5-8(7)10(12)13-6;9-8-7-4-2-1-3-6(7)5-10-8;;;/h3-9,20H,10H2,1H3,(H,19,21);3-5,11H,1H3;2-4H,5H2;;;/q3*-1;;;. The van der Waals surface area contributed by atoms with Crippen LogP contribution in [0.15, 0.2) is 97.3 Å². The summed E-state index contributed by atoms with van der Waals surface area (Å²) in [6.07, 6.45) is 0. The van der Waals surface area contributed by atoms with E-state index in [4.69, 9.17) is 13.6 Å². The summed E-state index contributed by atoms with van der Waals surface area (Å²) >= 11 is 0. The summed E-state index contributed by atoms with van der Waals surface area (Å²) in [7, 11) is 0. The van der Waals surface area contributed by atoms with E-state index >= 15 is 0 Å². The molecule has 0 aliphatic carbocycles. The van der Waals surface area contributed by atoms with Gasteiger partial charge in [-0.1, -0.05) is 40.6 Å². The first-order valence-electron chi connectivity index (χ1n) is 13.9. The van der Waals surface area contributed by atoms with E-state index in [1.54, 1.807) is 43.3 Å². The van der Waals surface area contributed by atoms with Crippen molar-refractivity contribution in [2.75, 3.05) is 0 Å². The summed E-state index contributed by atoms with van der Waals surface area (Å²) in [6.45, 7) is 4.19. The second kappa shape index (κ2) is 19.5. The number of ether oxygens (including phenoxy) is 1. The largest absolute Gasteiger partial charge is 0.517 e. The van der Waals surface area contributed by atoms with E-state index in [0.29, 0.717) is 22.9 Å². The number of cyclic esters (lactones) is 1. The van der Waals surface area contributed by atoms with Crippen LogP contribution in [0.25, 0.3) is 21.5 Å². The number of rotatable bonds is 3. The van der Waals surface area contributed by atoms with Crippen molar-refractivity contribution >= 4 is 33.4 Å². The Hall–Kier alpha value is -2.85. The number of carbonyl (C=O) groups excluding carboxylic acids is 2. The minimum Gasteiger partial charge on any atom is -0.517 e. The number of benzene rings is 4. The number of aryl methyl sites for hydroxylation is 2. The van der Waals surface area contributed by atoms with Gasteiger partial charge in [0.25, 0.3) is 5.91 Å². The summed E-state index contributed by atoms with van der Waals surface area (Å²) in [4.78, 5) is 46.2. The first-order chi connectivity index (χ1) is 22.1. The third kappa shape index (κ3) is 10.3. The number of hydrogen-bond acceptors (Lipinski definition) is 9. The normalized spacial score (nSPS) is 10.8. The van der Waals surface area contributed by atoms with Crippen LogP contribution in [0.5, 0.6) is 11.5 Å². The zero-order valence-corrected chi connectivity index (χ0v) is 34.9. The maximum absolute atomic E-state index is 12.2. The molecule has 0 fully saturated rings. The number of esters is 1. The molecule has 0 bridgehead atoms. The monoisotopic (exact) mass is 883 g/mol. The van der Waals surface area contributed by atoms with Crippen LogP contribution in [-0.4, -0.2) is 22.1 Å². The van der Waals surface area contributed by atoms with Crippen molar-refractivity contribution in [2.24, 2.45) is 0 Å². The molecule has 241 valence electrons. The van der Waals surface area contributed by atoms with Crippen molar-refractivity contribution in [3.05, 3.63) is 152 Å². The molecule has 3 heterocycles. The number of nitrogens with one attached hydrogen (secondary N) is 1. The topological polar surface area (TPSA) is 156 Å². The Morgan fingerprint density at radius 3 is 1.90 bits per heavy atom. The molecular weight excluding hydrogens is 857 g/mol. The minimum absolute atomic E-state index is 0. The van der Waals surface area contributed by atoms with Crippen LogP contribution >= 0.6 is 0 Å². The van der Waals surface area contributed by atoms with Gasteiger partial charge in [0.1, 0.15) is 17.3 Å². The Morgan fingerprint density at radius 2 is 1.29 bits per heavy atom. The smallest absolute Gasteiger partial charge is 0.319 e. The number of hydrogen-bond donors (Lipinski definition) is 3. The predicted octanol–water partition coefficient (Wildman–Crippen LogP) is 5.29. The van der Waals surface area contributed by atoms with Crippen LogP contribution in [-0.2, 0) is 116 Å². The molecule has 1 aliphatic rings. The molecule has 0 atom stereocenters. The van der Waals surface area contributed by atoms with Gasteiger partial charge in [0.15, 0.2) is 0 Å². The Bertz CT molecular complexity index is 2200. The van der Waals surface area contributed by atoms with E-state index in [0.717, 1.165) is 16.7 Å². The maximum Gasteiger partial charge on any atom is 0.319 e. The molecule has 2 aromatic heterocycles. The van der Waals surface area contributed by atoms with Gasteiger partial charge in [-0.25, -0.2) is 14.4 Å². The molecule has 10 nitrogen and oxygen atoms in total. The van der Waals surface area contributed by atoms with Gasteiger partial charge < -0.3 is 29.1 Å². The van der Waals surface area contributed by atoms with E-state index < -0.39 is 22.9 Å². The number of aromatic hydroxyl groups is 2. The molecule has 3 N–H and O–H groups in total. The molecule has 49 heavy (non-hydrogen) atoms. The summed E-state index contributed by atoms with van der Waals surface area (Å²) in [6, 6.07) is 30.5. The third-order valence-electron chi connectivity index (χ3n) is 6.98. The van der Waals surface area contributed by atoms with E-state index in [9.17, 15) is 29.4 Å². The fraction of sp³-hybridized carbons (Fsp3) is 0.111. The van der Waals surface area contributed by atoms with Crippen LogP contribution in [0, 0.1) is 32.0 Å². The van der Waals surface area contributed by atoms with Gasteiger partial charge in [-0.2, -0.15) is 72.8 Å². The molecule has 1 amide bonds. The Kier molecular flexibility index (Phi) is 16.9. The molecule has 0 spiro atoms. The minimum atomic E-state index is -0.674. The average Bonchev–Trinajstić information content (AvgIpc) is 3.46. The predicted molar refractivity (Wildman–Crippen MR) is 167 cm³/mol. The van der Waals surface area contributed by atoms with Gasteiger partial charge in [-0.3, -0.25) is 4.79 Å². The third-order valence-corrected chi connectivity index (χ3v) is 6.98. The zero-order chi connectivity index (χ0) is 32.8. The van der Waals surface area contributed by atoms with Crippen molar-refractivity contribution in [1.29, 1.82) is 0 Å². The van der Waals surface area contributed by atoms with E-state index in [-0.39, 0.29) is 139 Å².